The SMILES string of the molecule is CN1CCN(C(=O)Cc2ccc3sc4ccccc4c(=O)c3c2)CC1. The molecule has 0 atom stereocenters. The molecule has 1 fully saturated rings. The Morgan fingerprint density at radius 2 is 1.72 bits per heavy atom. The Balaban J connectivity index is 1.65. The molecule has 0 bridgehead atoms. The molecule has 0 radical (unpaired) electrons. The number of nitrogens with zero attached hydrogens (tertiary/aromatic N) is 2. The van der Waals surface area contributed by atoms with Crippen LogP contribution >= 0.6 is 11.3 Å². The van der Waals surface area contributed by atoms with Crippen molar-refractivity contribution in [1.29, 1.82) is 0 Å². The quantitative estimate of drug-likeness (QED) is 0.666. The zero-order valence-corrected chi connectivity index (χ0v) is 15.0. The third kappa shape index (κ3) is 3.17. The third-order valence-electron chi connectivity index (χ3n) is 4.85. The van der Waals surface area contributed by atoms with E-state index in [0.29, 0.717) is 11.8 Å². The van der Waals surface area contributed by atoms with Gasteiger partial charge in [0.2, 0.25) is 5.91 Å². The molecule has 1 aliphatic heterocycles. The van der Waals surface area contributed by atoms with E-state index in [2.05, 4.69) is 11.9 Å². The van der Waals surface area contributed by atoms with Gasteiger partial charge in [-0.3, -0.25) is 9.59 Å². The fraction of sp³-hybridized carbons (Fsp3) is 0.300. The van der Waals surface area contributed by atoms with E-state index in [1.54, 1.807) is 11.3 Å². The fourth-order valence-corrected chi connectivity index (χ4v) is 4.35. The average Bonchev–Trinajstić information content (AvgIpc) is 2.63. The van der Waals surface area contributed by atoms with E-state index in [1.165, 1.54) is 0 Å². The molecule has 2 aromatic carbocycles. The van der Waals surface area contributed by atoms with Crippen molar-refractivity contribution in [2.75, 3.05) is 33.2 Å². The molecule has 1 aliphatic rings. The second-order valence-corrected chi connectivity index (χ2v) is 7.70. The Morgan fingerprint density at radius 1 is 1.00 bits per heavy atom. The summed E-state index contributed by atoms with van der Waals surface area (Å²) in [6, 6.07) is 13.5. The summed E-state index contributed by atoms with van der Waals surface area (Å²) in [5, 5.41) is 1.47. The van der Waals surface area contributed by atoms with Crippen LogP contribution in [0.5, 0.6) is 0 Å². The minimum Gasteiger partial charge on any atom is -0.340 e. The van der Waals surface area contributed by atoms with Crippen LogP contribution in [0.25, 0.3) is 20.2 Å². The summed E-state index contributed by atoms with van der Waals surface area (Å²) in [4.78, 5) is 29.5. The van der Waals surface area contributed by atoms with Crippen LogP contribution in [-0.4, -0.2) is 48.9 Å². The van der Waals surface area contributed by atoms with E-state index >= 15 is 0 Å². The lowest BCUT2D eigenvalue weighted by Gasteiger charge is -2.32. The number of hydrogen-bond acceptors (Lipinski definition) is 4. The molecule has 0 spiro atoms. The summed E-state index contributed by atoms with van der Waals surface area (Å²) < 4.78 is 1.97. The van der Waals surface area contributed by atoms with Gasteiger partial charge in [-0.2, -0.15) is 0 Å². The van der Waals surface area contributed by atoms with E-state index in [0.717, 1.165) is 46.5 Å². The lowest BCUT2D eigenvalue weighted by Crippen LogP contribution is -2.47. The van der Waals surface area contributed by atoms with Crippen LogP contribution in [0.3, 0.4) is 0 Å². The minimum atomic E-state index is 0.0539. The number of benzene rings is 2. The molecule has 5 heteroatoms. The molecular formula is C20H20N2O2S. The Hall–Kier alpha value is -2.24. The van der Waals surface area contributed by atoms with E-state index in [9.17, 15) is 9.59 Å². The number of rotatable bonds is 2. The summed E-state index contributed by atoms with van der Waals surface area (Å²) >= 11 is 1.62. The Bertz CT molecular complexity index is 1000. The zero-order chi connectivity index (χ0) is 17.4. The van der Waals surface area contributed by atoms with Gasteiger partial charge in [-0.25, -0.2) is 0 Å². The summed E-state index contributed by atoms with van der Waals surface area (Å²) in [6.07, 6.45) is 0.358. The molecule has 0 N–H and O–H groups in total. The smallest absolute Gasteiger partial charge is 0.227 e. The third-order valence-corrected chi connectivity index (χ3v) is 6.00. The summed E-state index contributed by atoms with van der Waals surface area (Å²) in [5.41, 5.74) is 0.967. The van der Waals surface area contributed by atoms with Gasteiger partial charge in [0.25, 0.3) is 0 Å². The van der Waals surface area contributed by atoms with Crippen molar-refractivity contribution in [2.45, 2.75) is 6.42 Å². The summed E-state index contributed by atoms with van der Waals surface area (Å²) in [6.45, 7) is 3.40. The molecule has 4 rings (SSSR count). The molecule has 1 aromatic heterocycles. The van der Waals surface area contributed by atoms with Gasteiger partial charge in [0.15, 0.2) is 5.43 Å². The van der Waals surface area contributed by atoms with Crippen molar-refractivity contribution in [3.8, 4) is 0 Å². The largest absolute Gasteiger partial charge is 0.340 e. The van der Waals surface area contributed by atoms with Crippen LogP contribution in [0.1, 0.15) is 5.56 Å². The summed E-state index contributed by atoms with van der Waals surface area (Å²) in [7, 11) is 2.08. The predicted octanol–water partition coefficient (Wildman–Crippen LogP) is 2.73. The first-order valence-corrected chi connectivity index (χ1v) is 9.34. The van der Waals surface area contributed by atoms with Crippen LogP contribution < -0.4 is 5.43 Å². The van der Waals surface area contributed by atoms with Gasteiger partial charge < -0.3 is 9.80 Å². The number of fused-ring (bicyclic) bond motifs is 2. The van der Waals surface area contributed by atoms with Crippen LogP contribution in [0.4, 0.5) is 0 Å². The predicted molar refractivity (Wildman–Crippen MR) is 103 cm³/mol. The molecule has 3 aromatic rings. The van der Waals surface area contributed by atoms with Gasteiger partial charge in [-0.05, 0) is 36.9 Å². The van der Waals surface area contributed by atoms with Crippen molar-refractivity contribution < 1.29 is 4.79 Å². The monoisotopic (exact) mass is 352 g/mol. The topological polar surface area (TPSA) is 40.6 Å². The van der Waals surface area contributed by atoms with Gasteiger partial charge in [0, 0.05) is 46.4 Å². The number of likely N-dealkylation sites (N-methyl/N-ethyl adjacent to an activating group) is 1. The van der Waals surface area contributed by atoms with Crippen molar-refractivity contribution in [2.24, 2.45) is 0 Å². The highest BCUT2D eigenvalue weighted by molar-refractivity contribution is 7.24. The van der Waals surface area contributed by atoms with Gasteiger partial charge in [-0.1, -0.05) is 18.2 Å². The first-order chi connectivity index (χ1) is 12.1. The number of amides is 1. The van der Waals surface area contributed by atoms with E-state index < -0.39 is 0 Å². The van der Waals surface area contributed by atoms with E-state index in [1.807, 2.05) is 47.4 Å². The molecular weight excluding hydrogens is 332 g/mol. The van der Waals surface area contributed by atoms with Crippen molar-refractivity contribution in [1.82, 2.24) is 9.80 Å². The van der Waals surface area contributed by atoms with E-state index in [4.69, 9.17) is 0 Å². The Labute approximate surface area is 150 Å². The molecule has 1 amide bonds. The summed E-state index contributed by atoms with van der Waals surface area (Å²) in [5.74, 6) is 0.143. The molecule has 0 unspecified atom stereocenters. The van der Waals surface area contributed by atoms with Crippen molar-refractivity contribution in [3.05, 3.63) is 58.3 Å². The van der Waals surface area contributed by atoms with Crippen molar-refractivity contribution in [3.63, 3.8) is 0 Å². The number of piperazine rings is 1. The molecule has 0 aliphatic carbocycles. The Morgan fingerprint density at radius 3 is 2.52 bits per heavy atom. The normalized spacial score (nSPS) is 15.8. The first-order valence-electron chi connectivity index (χ1n) is 8.52. The minimum absolute atomic E-state index is 0.0539. The van der Waals surface area contributed by atoms with Crippen LogP contribution in [0.15, 0.2) is 47.3 Å². The second-order valence-electron chi connectivity index (χ2n) is 6.62. The number of carbonyl (C=O) groups excluding carboxylic acids is 1. The van der Waals surface area contributed by atoms with Gasteiger partial charge >= 0.3 is 0 Å². The fourth-order valence-electron chi connectivity index (χ4n) is 3.30. The maximum Gasteiger partial charge on any atom is 0.227 e. The first kappa shape index (κ1) is 16.2. The van der Waals surface area contributed by atoms with Crippen LogP contribution in [-0.2, 0) is 11.2 Å². The maximum absolute atomic E-state index is 12.8. The lowest BCUT2D eigenvalue weighted by atomic mass is 10.1. The number of carbonyl (C=O) groups is 1. The van der Waals surface area contributed by atoms with E-state index in [-0.39, 0.29) is 11.3 Å². The molecule has 25 heavy (non-hydrogen) atoms. The van der Waals surface area contributed by atoms with Gasteiger partial charge in [0.1, 0.15) is 0 Å². The maximum atomic E-state index is 12.8. The zero-order valence-electron chi connectivity index (χ0n) is 14.2. The molecule has 0 saturated carbocycles. The highest BCUT2D eigenvalue weighted by atomic mass is 32.1. The van der Waals surface area contributed by atoms with Gasteiger partial charge in [-0.15, -0.1) is 11.3 Å². The highest BCUT2D eigenvalue weighted by Crippen LogP contribution is 2.25. The second kappa shape index (κ2) is 6.58. The van der Waals surface area contributed by atoms with Gasteiger partial charge in [0.05, 0.1) is 6.42 Å². The Kier molecular flexibility index (Phi) is 4.27. The average molecular weight is 352 g/mol. The molecule has 4 nitrogen and oxygen atoms in total. The highest BCUT2D eigenvalue weighted by Gasteiger charge is 2.19. The van der Waals surface area contributed by atoms with Crippen LogP contribution in [0.2, 0.25) is 0 Å². The van der Waals surface area contributed by atoms with Crippen molar-refractivity contribution >= 4 is 37.4 Å². The number of hydrogen-bond donors (Lipinski definition) is 0. The molecule has 128 valence electrons. The standard InChI is InChI=1S/C20H20N2O2S/c1-21-8-10-22(11-9-21)19(23)13-14-6-7-18-16(12-14)20(24)15-4-2-3-5-17(15)25-18/h2-7,12H,8-11,13H2,1H3. The molecule has 2 heterocycles. The van der Waals surface area contributed by atoms with Crippen LogP contribution in [0, 0.1) is 0 Å². The lowest BCUT2D eigenvalue weighted by molar-refractivity contribution is -0.132. The molecule has 1 saturated heterocycles.